The zero-order valence-corrected chi connectivity index (χ0v) is 12.5. The van der Waals surface area contributed by atoms with E-state index in [1.807, 2.05) is 29.6 Å². The van der Waals surface area contributed by atoms with Gasteiger partial charge in [-0.15, -0.1) is 11.3 Å². The maximum Gasteiger partial charge on any atom is 0.421 e. The van der Waals surface area contributed by atoms with Gasteiger partial charge in [0.2, 0.25) is 0 Å². The lowest BCUT2D eigenvalue weighted by Crippen LogP contribution is -2.44. The second-order valence-corrected chi connectivity index (χ2v) is 6.27. The Kier molecular flexibility index (Phi) is 3.53. The minimum absolute atomic E-state index is 0.155. The molecule has 116 valence electrons. The van der Waals surface area contributed by atoms with E-state index < -0.39 is 17.8 Å². The van der Waals surface area contributed by atoms with Gasteiger partial charge in [0.1, 0.15) is 0 Å². The van der Waals surface area contributed by atoms with Crippen LogP contribution in [0, 0.1) is 0 Å². The summed E-state index contributed by atoms with van der Waals surface area (Å²) in [4.78, 5) is 0. The highest BCUT2D eigenvalue weighted by atomic mass is 32.1. The van der Waals surface area contributed by atoms with E-state index >= 15 is 0 Å². The van der Waals surface area contributed by atoms with Gasteiger partial charge in [-0.1, -0.05) is 24.3 Å². The van der Waals surface area contributed by atoms with Crippen LogP contribution in [0.15, 0.2) is 53.6 Å². The predicted molar refractivity (Wildman–Crippen MR) is 81.6 cm³/mol. The quantitative estimate of drug-likeness (QED) is 0.863. The van der Waals surface area contributed by atoms with Gasteiger partial charge < -0.3 is 10.4 Å². The summed E-state index contributed by atoms with van der Waals surface area (Å²) < 4.78 is 40.0. The highest BCUT2D eigenvalue weighted by Crippen LogP contribution is 2.39. The smallest absolute Gasteiger partial charge is 0.381 e. The molecular weight excluding hydrogens is 311 g/mol. The molecule has 0 bridgehead atoms. The summed E-state index contributed by atoms with van der Waals surface area (Å²) in [5.74, 6) is 0. The molecule has 0 fully saturated rings. The second-order valence-electron chi connectivity index (χ2n) is 5.36. The number of aliphatic hydroxyl groups is 1. The van der Waals surface area contributed by atoms with Gasteiger partial charge in [-0.05, 0) is 47.2 Å². The summed E-state index contributed by atoms with van der Waals surface area (Å²) >= 11 is 1.54. The molecule has 6 heteroatoms. The predicted octanol–water partition coefficient (Wildman–Crippen LogP) is 4.30. The maximum absolute atomic E-state index is 13.0. The molecule has 1 aromatic carbocycles. The van der Waals surface area contributed by atoms with E-state index in [4.69, 9.17) is 0 Å². The van der Waals surface area contributed by atoms with Crippen LogP contribution in [0.5, 0.6) is 0 Å². The van der Waals surface area contributed by atoms with Crippen molar-refractivity contribution in [3.05, 3.63) is 59.1 Å². The molecule has 0 aliphatic carbocycles. The Labute approximate surface area is 129 Å². The van der Waals surface area contributed by atoms with Gasteiger partial charge in [0.15, 0.2) is 5.60 Å². The maximum atomic E-state index is 13.0. The number of benzene rings is 1. The first-order valence-corrected chi connectivity index (χ1v) is 7.59. The summed E-state index contributed by atoms with van der Waals surface area (Å²) in [7, 11) is 0. The zero-order chi connectivity index (χ0) is 16.0. The van der Waals surface area contributed by atoms with Crippen LogP contribution in [0.1, 0.15) is 18.5 Å². The number of halogens is 3. The summed E-state index contributed by atoms with van der Waals surface area (Å²) in [6.45, 7) is 0.775. The Morgan fingerprint density at radius 1 is 1.23 bits per heavy atom. The Morgan fingerprint density at radius 2 is 2.00 bits per heavy atom. The number of alkyl halides is 3. The monoisotopic (exact) mass is 325 g/mol. The molecule has 2 atom stereocenters. The molecule has 0 saturated carbocycles. The van der Waals surface area contributed by atoms with Crippen molar-refractivity contribution in [3.63, 3.8) is 0 Å². The Balaban J connectivity index is 2.04. The van der Waals surface area contributed by atoms with Crippen molar-refractivity contribution in [2.45, 2.75) is 24.7 Å². The van der Waals surface area contributed by atoms with Crippen LogP contribution in [0.2, 0.25) is 0 Å². The second kappa shape index (κ2) is 5.14. The molecule has 1 aliphatic heterocycles. The normalized spacial score (nSPS) is 21.3. The molecule has 2 nitrogen and oxygen atoms in total. The SMILES string of the molecule is CC(O)(C1=CC(c2cccc3ccsc23)NC=C1)C(F)(F)F. The van der Waals surface area contributed by atoms with Gasteiger partial charge >= 0.3 is 6.18 Å². The van der Waals surface area contributed by atoms with Crippen LogP contribution in [0.25, 0.3) is 10.1 Å². The van der Waals surface area contributed by atoms with E-state index in [1.54, 1.807) is 11.3 Å². The number of thiophene rings is 1. The van der Waals surface area contributed by atoms with E-state index in [1.165, 1.54) is 18.4 Å². The van der Waals surface area contributed by atoms with Crippen LogP contribution in [0.4, 0.5) is 13.2 Å². The molecule has 0 saturated heterocycles. The summed E-state index contributed by atoms with van der Waals surface area (Å²) in [5.41, 5.74) is -2.13. The topological polar surface area (TPSA) is 32.3 Å². The number of fused-ring (bicyclic) bond motifs is 1. The molecule has 1 aromatic heterocycles. The van der Waals surface area contributed by atoms with Gasteiger partial charge in [-0.2, -0.15) is 13.2 Å². The van der Waals surface area contributed by atoms with Crippen LogP contribution in [-0.2, 0) is 0 Å². The number of hydrogen-bond donors (Lipinski definition) is 2. The van der Waals surface area contributed by atoms with E-state index in [0.29, 0.717) is 0 Å². The van der Waals surface area contributed by atoms with Crippen molar-refractivity contribution in [1.29, 1.82) is 0 Å². The minimum atomic E-state index is -4.72. The highest BCUT2D eigenvalue weighted by Gasteiger charge is 2.52. The van der Waals surface area contributed by atoms with Crippen molar-refractivity contribution in [2.24, 2.45) is 0 Å². The average Bonchev–Trinajstić information content (AvgIpc) is 2.94. The van der Waals surface area contributed by atoms with Crippen LogP contribution >= 0.6 is 11.3 Å². The third-order valence-electron chi connectivity index (χ3n) is 3.84. The van der Waals surface area contributed by atoms with Crippen molar-refractivity contribution in [2.75, 3.05) is 0 Å². The molecule has 2 heterocycles. The Bertz CT molecular complexity index is 758. The molecule has 2 unspecified atom stereocenters. The van der Waals surface area contributed by atoms with Crippen molar-refractivity contribution in [3.8, 4) is 0 Å². The molecular formula is C16H14F3NOS. The van der Waals surface area contributed by atoms with Crippen molar-refractivity contribution < 1.29 is 18.3 Å². The van der Waals surface area contributed by atoms with E-state index in [2.05, 4.69) is 5.32 Å². The van der Waals surface area contributed by atoms with E-state index in [9.17, 15) is 18.3 Å². The molecule has 0 spiro atoms. The lowest BCUT2D eigenvalue weighted by Gasteiger charge is -2.31. The third-order valence-corrected chi connectivity index (χ3v) is 4.82. The molecule has 1 aliphatic rings. The standard InChI is InChI=1S/C16H14F3NOS/c1-15(21,16(17,18)19)11-5-7-20-13(9-11)12-4-2-3-10-6-8-22-14(10)12/h2-9,13,20-21H,1H3. The molecule has 3 rings (SSSR count). The lowest BCUT2D eigenvalue weighted by atomic mass is 9.90. The summed E-state index contributed by atoms with van der Waals surface area (Å²) in [5, 5.41) is 15.9. The zero-order valence-electron chi connectivity index (χ0n) is 11.7. The van der Waals surface area contributed by atoms with Crippen molar-refractivity contribution >= 4 is 21.4 Å². The van der Waals surface area contributed by atoms with Gasteiger partial charge in [0.25, 0.3) is 0 Å². The van der Waals surface area contributed by atoms with Crippen LogP contribution < -0.4 is 5.32 Å². The lowest BCUT2D eigenvalue weighted by molar-refractivity contribution is -0.235. The average molecular weight is 325 g/mol. The highest BCUT2D eigenvalue weighted by molar-refractivity contribution is 7.17. The molecule has 2 N–H and O–H groups in total. The third kappa shape index (κ3) is 2.42. The number of rotatable bonds is 2. The Morgan fingerprint density at radius 3 is 2.73 bits per heavy atom. The summed E-state index contributed by atoms with van der Waals surface area (Å²) in [6, 6.07) is 7.28. The fourth-order valence-corrected chi connectivity index (χ4v) is 3.41. The van der Waals surface area contributed by atoms with Crippen molar-refractivity contribution in [1.82, 2.24) is 5.32 Å². The fraction of sp³-hybridized carbons (Fsp3) is 0.250. The molecule has 0 amide bonds. The van der Waals surface area contributed by atoms with Gasteiger partial charge in [-0.3, -0.25) is 0 Å². The Hall–Kier alpha value is -1.79. The number of dihydropyridines is 1. The first-order chi connectivity index (χ1) is 10.3. The first kappa shape index (κ1) is 15.1. The number of nitrogens with one attached hydrogen (secondary N) is 1. The van der Waals surface area contributed by atoms with Gasteiger partial charge in [0.05, 0.1) is 6.04 Å². The summed E-state index contributed by atoms with van der Waals surface area (Å²) in [6.07, 6.45) is -0.576. The molecule has 0 radical (unpaired) electrons. The van der Waals surface area contributed by atoms with Gasteiger partial charge in [0, 0.05) is 4.70 Å². The number of hydrogen-bond acceptors (Lipinski definition) is 3. The fourth-order valence-electron chi connectivity index (χ4n) is 2.45. The van der Waals surface area contributed by atoms with Crippen LogP contribution in [0.3, 0.4) is 0 Å². The van der Waals surface area contributed by atoms with Crippen LogP contribution in [-0.4, -0.2) is 16.9 Å². The van der Waals surface area contributed by atoms with E-state index in [0.717, 1.165) is 22.6 Å². The largest absolute Gasteiger partial charge is 0.421 e. The minimum Gasteiger partial charge on any atom is -0.381 e. The van der Waals surface area contributed by atoms with Gasteiger partial charge in [-0.25, -0.2) is 0 Å². The molecule has 22 heavy (non-hydrogen) atoms. The van der Waals surface area contributed by atoms with E-state index in [-0.39, 0.29) is 5.57 Å². The molecule has 2 aromatic rings. The first-order valence-electron chi connectivity index (χ1n) is 6.71.